The zero-order chi connectivity index (χ0) is 7.68. The van der Waals surface area contributed by atoms with Crippen LogP contribution < -0.4 is 10.6 Å². The minimum atomic E-state index is -0.0298. The van der Waals surface area contributed by atoms with Gasteiger partial charge in [0.25, 0.3) is 0 Å². The Morgan fingerprint density at radius 2 is 2.45 bits per heavy atom. The summed E-state index contributed by atoms with van der Waals surface area (Å²) in [7, 11) is 0. The molecule has 1 aliphatic heterocycles. The third-order valence-corrected chi connectivity index (χ3v) is 2.38. The second kappa shape index (κ2) is 2.57. The summed E-state index contributed by atoms with van der Waals surface area (Å²) in [4.78, 5) is 10.9. The fourth-order valence-electron chi connectivity index (χ4n) is 1.71. The van der Waals surface area contributed by atoms with Gasteiger partial charge in [-0.2, -0.15) is 0 Å². The zero-order valence-corrected chi connectivity index (χ0v) is 6.34. The number of nitrogens with one attached hydrogen (secondary N) is 2. The number of carbonyl (C=O) groups is 1. The lowest BCUT2D eigenvalue weighted by Gasteiger charge is -2.32. The first-order chi connectivity index (χ1) is 5.36. The Morgan fingerprint density at radius 1 is 1.55 bits per heavy atom. The average Bonchev–Trinajstić information content (AvgIpc) is 2.04. The lowest BCUT2D eigenvalue weighted by Crippen LogP contribution is -2.54. The summed E-state index contributed by atoms with van der Waals surface area (Å²) in [5.74, 6) is 0.609. The highest BCUT2D eigenvalue weighted by molar-refractivity contribution is 5.75. The molecule has 1 heterocycles. The number of hydrogen-bond acceptors (Lipinski definition) is 1. The summed E-state index contributed by atoms with van der Waals surface area (Å²) in [6, 6.07) is 0.260. The molecule has 0 radical (unpaired) electrons. The number of allylic oxidation sites excluding steroid dienone is 1. The van der Waals surface area contributed by atoms with Gasteiger partial charge in [0.15, 0.2) is 0 Å². The Bertz CT molecular complexity index is 200. The van der Waals surface area contributed by atoms with Crippen LogP contribution in [0.15, 0.2) is 12.2 Å². The van der Waals surface area contributed by atoms with Crippen LogP contribution in [0.25, 0.3) is 0 Å². The Balaban J connectivity index is 2.08. The predicted molar refractivity (Wildman–Crippen MR) is 42.2 cm³/mol. The van der Waals surface area contributed by atoms with Gasteiger partial charge in [-0.25, -0.2) is 4.79 Å². The second-order valence-corrected chi connectivity index (χ2v) is 3.15. The van der Waals surface area contributed by atoms with Gasteiger partial charge in [0, 0.05) is 12.5 Å². The minimum absolute atomic E-state index is 0.0298. The van der Waals surface area contributed by atoms with Gasteiger partial charge in [-0.3, -0.25) is 0 Å². The molecule has 2 aliphatic rings. The molecule has 0 saturated carbocycles. The fourth-order valence-corrected chi connectivity index (χ4v) is 1.71. The van der Waals surface area contributed by atoms with Crippen molar-refractivity contribution in [2.24, 2.45) is 5.92 Å². The molecule has 2 N–H and O–H groups in total. The van der Waals surface area contributed by atoms with Crippen LogP contribution in [0.4, 0.5) is 4.79 Å². The monoisotopic (exact) mass is 152 g/mol. The first kappa shape index (κ1) is 6.70. The lowest BCUT2D eigenvalue weighted by atomic mass is 9.88. The molecule has 1 fully saturated rings. The Kier molecular flexibility index (Phi) is 1.56. The SMILES string of the molecule is O=C1NCC2CCC=CC2N1. The van der Waals surface area contributed by atoms with E-state index in [1.54, 1.807) is 0 Å². The van der Waals surface area contributed by atoms with E-state index >= 15 is 0 Å². The van der Waals surface area contributed by atoms with Crippen LogP contribution in [0, 0.1) is 5.92 Å². The van der Waals surface area contributed by atoms with Crippen LogP contribution >= 0.6 is 0 Å². The normalized spacial score (nSPS) is 35.5. The van der Waals surface area contributed by atoms with Gasteiger partial charge >= 0.3 is 6.03 Å². The van der Waals surface area contributed by atoms with E-state index < -0.39 is 0 Å². The third-order valence-electron chi connectivity index (χ3n) is 2.38. The summed E-state index contributed by atoms with van der Waals surface area (Å²) in [5, 5.41) is 5.68. The number of hydrogen-bond donors (Lipinski definition) is 2. The smallest absolute Gasteiger partial charge is 0.315 e. The lowest BCUT2D eigenvalue weighted by molar-refractivity contribution is 0.217. The molecule has 3 heteroatoms. The van der Waals surface area contributed by atoms with Crippen LogP contribution in [0.3, 0.4) is 0 Å². The molecule has 2 atom stereocenters. The third kappa shape index (κ3) is 1.23. The molecule has 3 nitrogen and oxygen atoms in total. The Morgan fingerprint density at radius 3 is 3.36 bits per heavy atom. The van der Waals surface area contributed by atoms with Crippen LogP contribution in [0.5, 0.6) is 0 Å². The van der Waals surface area contributed by atoms with Gasteiger partial charge < -0.3 is 10.6 Å². The highest BCUT2D eigenvalue weighted by Gasteiger charge is 2.27. The molecule has 1 aliphatic carbocycles. The molecule has 0 bridgehead atoms. The first-order valence-corrected chi connectivity index (χ1v) is 4.07. The summed E-state index contributed by atoms with van der Waals surface area (Å²) in [6.07, 6.45) is 6.59. The van der Waals surface area contributed by atoms with Crippen LogP contribution in [0.1, 0.15) is 12.8 Å². The molecular weight excluding hydrogens is 140 g/mol. The van der Waals surface area contributed by atoms with Crippen molar-refractivity contribution >= 4 is 6.03 Å². The largest absolute Gasteiger partial charge is 0.338 e. The van der Waals surface area contributed by atoms with Crippen LogP contribution in [-0.2, 0) is 0 Å². The van der Waals surface area contributed by atoms with E-state index in [4.69, 9.17) is 0 Å². The van der Waals surface area contributed by atoms with E-state index in [-0.39, 0.29) is 12.1 Å². The summed E-state index contributed by atoms with van der Waals surface area (Å²) in [5.41, 5.74) is 0. The second-order valence-electron chi connectivity index (χ2n) is 3.15. The van der Waals surface area contributed by atoms with E-state index in [0.29, 0.717) is 5.92 Å². The molecule has 2 unspecified atom stereocenters. The maximum absolute atomic E-state index is 10.9. The van der Waals surface area contributed by atoms with Crippen molar-refractivity contribution in [1.82, 2.24) is 10.6 Å². The van der Waals surface area contributed by atoms with Crippen molar-refractivity contribution in [3.63, 3.8) is 0 Å². The predicted octanol–water partition coefficient (Wildman–Crippen LogP) is 0.634. The van der Waals surface area contributed by atoms with Crippen LogP contribution in [-0.4, -0.2) is 18.6 Å². The van der Waals surface area contributed by atoms with Gasteiger partial charge in [-0.15, -0.1) is 0 Å². The van der Waals surface area contributed by atoms with Gasteiger partial charge in [-0.05, 0) is 12.8 Å². The van der Waals surface area contributed by atoms with Crippen molar-refractivity contribution in [2.75, 3.05) is 6.54 Å². The summed E-state index contributed by atoms with van der Waals surface area (Å²) < 4.78 is 0. The van der Waals surface area contributed by atoms with E-state index in [1.165, 1.54) is 6.42 Å². The maximum atomic E-state index is 10.9. The van der Waals surface area contributed by atoms with E-state index in [2.05, 4.69) is 22.8 Å². The van der Waals surface area contributed by atoms with Crippen molar-refractivity contribution in [3.8, 4) is 0 Å². The molecular formula is C8H12N2O. The Labute approximate surface area is 65.9 Å². The molecule has 0 aromatic rings. The summed E-state index contributed by atoms with van der Waals surface area (Å²) >= 11 is 0. The van der Waals surface area contributed by atoms with Crippen molar-refractivity contribution in [3.05, 3.63) is 12.2 Å². The van der Waals surface area contributed by atoms with Gasteiger partial charge in [0.1, 0.15) is 0 Å². The maximum Gasteiger partial charge on any atom is 0.315 e. The molecule has 2 amide bonds. The Hall–Kier alpha value is -0.990. The number of rotatable bonds is 0. The number of fused-ring (bicyclic) bond motifs is 1. The molecule has 0 aromatic heterocycles. The van der Waals surface area contributed by atoms with Crippen LogP contribution in [0.2, 0.25) is 0 Å². The highest BCUT2D eigenvalue weighted by Crippen LogP contribution is 2.19. The molecule has 2 rings (SSSR count). The van der Waals surface area contributed by atoms with Crippen molar-refractivity contribution < 1.29 is 4.79 Å². The molecule has 0 spiro atoms. The average molecular weight is 152 g/mol. The first-order valence-electron chi connectivity index (χ1n) is 4.07. The quantitative estimate of drug-likeness (QED) is 0.491. The standard InChI is InChI=1S/C8H12N2O/c11-8-9-5-6-3-1-2-4-7(6)10-8/h2,4,6-7H,1,3,5H2,(H2,9,10,11). The minimum Gasteiger partial charge on any atom is -0.338 e. The van der Waals surface area contributed by atoms with E-state index in [0.717, 1.165) is 13.0 Å². The van der Waals surface area contributed by atoms with Gasteiger partial charge in [0.05, 0.1) is 6.04 Å². The molecule has 60 valence electrons. The highest BCUT2D eigenvalue weighted by atomic mass is 16.2. The van der Waals surface area contributed by atoms with Crippen molar-refractivity contribution in [2.45, 2.75) is 18.9 Å². The molecule has 0 aromatic carbocycles. The topological polar surface area (TPSA) is 41.1 Å². The number of carbonyl (C=O) groups excluding carboxylic acids is 1. The number of urea groups is 1. The fraction of sp³-hybridized carbons (Fsp3) is 0.625. The summed E-state index contributed by atoms with van der Waals surface area (Å²) in [6.45, 7) is 0.834. The molecule has 11 heavy (non-hydrogen) atoms. The van der Waals surface area contributed by atoms with Gasteiger partial charge in [0.2, 0.25) is 0 Å². The van der Waals surface area contributed by atoms with Gasteiger partial charge in [-0.1, -0.05) is 12.2 Å². The van der Waals surface area contributed by atoms with E-state index in [9.17, 15) is 4.79 Å². The zero-order valence-electron chi connectivity index (χ0n) is 6.34. The van der Waals surface area contributed by atoms with E-state index in [1.807, 2.05) is 0 Å². The van der Waals surface area contributed by atoms with Crippen molar-refractivity contribution in [1.29, 1.82) is 0 Å². The molecule has 1 saturated heterocycles. The number of amides is 2.